The molecule has 44 heavy (non-hydrogen) atoms. The number of aromatic nitrogens is 3. The number of nitrogens with one attached hydrogen (secondary N) is 4. The monoisotopic (exact) mass is 623 g/mol. The maximum Gasteiger partial charge on any atom is 0.303 e. The molecule has 3 aromatic heterocycles. The number of hydrogen-bond donors (Lipinski definition) is 7. The molecule has 0 aromatic carbocycles. The predicted molar refractivity (Wildman–Crippen MR) is 171 cm³/mol. The van der Waals surface area contributed by atoms with Gasteiger partial charge in [-0.25, -0.2) is 0 Å². The smallest absolute Gasteiger partial charge is 0.303 e. The molecular weight excluding hydrogens is 580 g/mol. The first-order valence-electron chi connectivity index (χ1n) is 15.3. The van der Waals surface area contributed by atoms with Crippen molar-refractivity contribution >= 4 is 41.8 Å². The van der Waals surface area contributed by atoms with Gasteiger partial charge in [-0.3, -0.25) is 14.4 Å². The Morgan fingerprint density at radius 1 is 0.864 bits per heavy atom. The summed E-state index contributed by atoms with van der Waals surface area (Å²) >= 11 is 1.14. The molecule has 0 aliphatic carbocycles. The highest BCUT2D eigenvalue weighted by atomic mass is 32.2. The Kier molecular flexibility index (Phi) is 8.54. The van der Waals surface area contributed by atoms with Gasteiger partial charge in [0, 0.05) is 64.1 Å². The third-order valence-corrected chi connectivity index (χ3v) is 11.5. The zero-order valence-electron chi connectivity index (χ0n) is 26.1. The summed E-state index contributed by atoms with van der Waals surface area (Å²) in [4.78, 5) is 45.7. The van der Waals surface area contributed by atoms with Crippen molar-refractivity contribution in [3.63, 3.8) is 0 Å². The highest BCUT2D eigenvalue weighted by Gasteiger charge is 2.77. The second kappa shape index (κ2) is 11.9. The summed E-state index contributed by atoms with van der Waals surface area (Å²) in [6, 6.07) is 0. The highest BCUT2D eigenvalue weighted by Crippen LogP contribution is 2.59. The summed E-state index contributed by atoms with van der Waals surface area (Å²) in [7, 11) is 0. The number of thiol groups is 1. The number of carboxylic acids is 2. The lowest BCUT2D eigenvalue weighted by Gasteiger charge is -2.11. The molecule has 0 saturated carbocycles. The van der Waals surface area contributed by atoms with Crippen LogP contribution in [0, 0.1) is 32.6 Å². The number of aromatic hydroxyl groups is 1. The molecule has 5 rings (SSSR count). The van der Waals surface area contributed by atoms with Crippen molar-refractivity contribution in [1.29, 1.82) is 0 Å². The van der Waals surface area contributed by atoms with Crippen LogP contribution in [0.4, 0.5) is 0 Å². The largest absolute Gasteiger partial charge is 0.494 e. The van der Waals surface area contributed by atoms with Crippen LogP contribution >= 0.6 is 0 Å². The summed E-state index contributed by atoms with van der Waals surface area (Å²) in [5.74, 6) is -1.39. The Morgan fingerprint density at radius 2 is 1.50 bits per heavy atom. The van der Waals surface area contributed by atoms with Crippen LogP contribution in [-0.2, 0) is 45.4 Å². The average Bonchev–Trinajstić information content (AvgIpc) is 3.16. The van der Waals surface area contributed by atoms with E-state index in [0.717, 1.165) is 79.3 Å². The first-order valence-corrected chi connectivity index (χ1v) is 16.3. The summed E-state index contributed by atoms with van der Waals surface area (Å²) in [5, 5.41) is 34.3. The molecule has 0 bridgehead atoms. The lowest BCUT2D eigenvalue weighted by Crippen LogP contribution is -2.33. The molecule has 7 N–H and O–H groups in total. The van der Waals surface area contributed by atoms with E-state index < -0.39 is 11.9 Å². The second-order valence-electron chi connectivity index (χ2n) is 12.2. The quantitative estimate of drug-likeness (QED) is 0.0984. The number of carbonyl (C=O) groups excluding carboxylic acids is 1. The zero-order chi connectivity index (χ0) is 32.1. The van der Waals surface area contributed by atoms with Gasteiger partial charge in [-0.05, 0) is 86.4 Å². The van der Waals surface area contributed by atoms with E-state index in [4.69, 9.17) is 0 Å². The Hall–Kier alpha value is -3.86. The molecule has 11 heteroatoms. The SMILES string of the molecule is CCc1c(O)[nH]c(/C=c2/[nH]/c(=C\c3[nH]c([C@@H]4[SH+][C@]45NC(=O)[C@H](C)[C@H]5CC)c(C)c3CCC(=O)O)c(CCC(=O)O)c2C)c1C. The van der Waals surface area contributed by atoms with Gasteiger partial charge in [0.05, 0.1) is 5.69 Å². The van der Waals surface area contributed by atoms with Gasteiger partial charge in [0.15, 0.2) is 5.88 Å². The van der Waals surface area contributed by atoms with Crippen molar-refractivity contribution in [2.24, 2.45) is 11.8 Å². The lowest BCUT2D eigenvalue weighted by atomic mass is 9.86. The summed E-state index contributed by atoms with van der Waals surface area (Å²) < 4.78 is 0. The fourth-order valence-electron chi connectivity index (χ4n) is 7.13. The average molecular weight is 624 g/mol. The van der Waals surface area contributed by atoms with E-state index in [2.05, 4.69) is 27.2 Å². The maximum absolute atomic E-state index is 12.7. The molecule has 1 spiro atoms. The van der Waals surface area contributed by atoms with Gasteiger partial charge in [-0.2, -0.15) is 0 Å². The fraction of sp³-hybridized carbons (Fsp3) is 0.485. The van der Waals surface area contributed by atoms with Crippen LogP contribution < -0.4 is 16.0 Å². The van der Waals surface area contributed by atoms with E-state index >= 15 is 0 Å². The first-order chi connectivity index (χ1) is 20.8. The van der Waals surface area contributed by atoms with Gasteiger partial charge >= 0.3 is 11.9 Å². The minimum absolute atomic E-state index is 0.0259. The van der Waals surface area contributed by atoms with Gasteiger partial charge in [0.25, 0.3) is 4.87 Å². The molecule has 3 aromatic rings. The molecule has 2 saturated heterocycles. The zero-order valence-corrected chi connectivity index (χ0v) is 27.0. The normalized spacial score (nSPS) is 23.6. The van der Waals surface area contributed by atoms with Crippen LogP contribution in [0.25, 0.3) is 12.2 Å². The third kappa shape index (κ3) is 5.46. The number of aliphatic carboxylic acids is 2. The van der Waals surface area contributed by atoms with Crippen molar-refractivity contribution in [3.05, 3.63) is 61.2 Å². The Labute approximate surface area is 260 Å². The number of carboxylic acid groups (broad SMARTS) is 2. The van der Waals surface area contributed by atoms with Crippen molar-refractivity contribution in [1.82, 2.24) is 20.3 Å². The maximum atomic E-state index is 12.7. The van der Waals surface area contributed by atoms with E-state index in [0.29, 0.717) is 19.3 Å². The van der Waals surface area contributed by atoms with Crippen LogP contribution in [0.5, 0.6) is 5.88 Å². The van der Waals surface area contributed by atoms with Crippen molar-refractivity contribution in [2.75, 3.05) is 0 Å². The van der Waals surface area contributed by atoms with Crippen LogP contribution in [-0.4, -0.2) is 53.0 Å². The van der Waals surface area contributed by atoms with E-state index in [1.807, 2.05) is 46.8 Å². The molecule has 5 heterocycles. The van der Waals surface area contributed by atoms with E-state index in [9.17, 15) is 29.7 Å². The Bertz CT molecular complexity index is 1760. The summed E-state index contributed by atoms with van der Waals surface area (Å²) in [5.41, 5.74) is 8.06. The Morgan fingerprint density at radius 3 is 2.09 bits per heavy atom. The minimum atomic E-state index is -0.892. The molecule has 0 unspecified atom stereocenters. The topological polar surface area (TPSA) is 171 Å². The minimum Gasteiger partial charge on any atom is -0.494 e. The number of aromatic amines is 3. The molecule has 2 aliphatic rings. The molecular formula is C33H43N4O6S+. The van der Waals surface area contributed by atoms with Crippen molar-refractivity contribution in [2.45, 2.75) is 90.2 Å². The number of amides is 1. The lowest BCUT2D eigenvalue weighted by molar-refractivity contribution is -0.138. The van der Waals surface area contributed by atoms with Crippen LogP contribution in [0.1, 0.15) is 95.7 Å². The van der Waals surface area contributed by atoms with E-state index in [1.165, 1.54) is 0 Å². The van der Waals surface area contributed by atoms with Crippen LogP contribution in [0.2, 0.25) is 0 Å². The van der Waals surface area contributed by atoms with E-state index in [-0.39, 0.29) is 46.6 Å². The molecule has 10 nitrogen and oxygen atoms in total. The molecule has 236 valence electrons. The standard InChI is InChI=1S/C33H42N4O6S/c1-7-19-15(3)24(36-32(19)43)13-23-16(4)20(9-11-27(38)39)25(34-23)14-26-21(10-12-28(40)41)17(5)29(35-26)30-33(44-30)22(8-2)18(6)31(42)37-33/h13-14,18,22,30,34-36,43H,7-12H2,1-6H3,(H,37,42)(H,38,39)(H,40,41)/p+1/b23-13+,25-14-/t18-,22-,30+,33+/m1/s1. The van der Waals surface area contributed by atoms with Gasteiger partial charge in [0.1, 0.15) is 0 Å². The summed E-state index contributed by atoms with van der Waals surface area (Å²) in [6.45, 7) is 12.0. The molecule has 2 fully saturated rings. The van der Waals surface area contributed by atoms with Crippen molar-refractivity contribution in [3.8, 4) is 5.88 Å². The third-order valence-electron chi connectivity index (χ3n) is 9.72. The number of hydrogen-bond acceptors (Lipinski definition) is 4. The van der Waals surface area contributed by atoms with Gasteiger partial charge in [-0.15, -0.1) is 0 Å². The summed E-state index contributed by atoms with van der Waals surface area (Å²) in [6.07, 6.45) is 6.06. The number of H-pyrrole nitrogens is 3. The van der Waals surface area contributed by atoms with Crippen LogP contribution in [0.3, 0.4) is 0 Å². The first kappa shape index (κ1) is 31.6. The number of rotatable bonds is 11. The molecule has 4 atom stereocenters. The highest BCUT2D eigenvalue weighted by molar-refractivity contribution is 7.88. The second-order valence-corrected chi connectivity index (χ2v) is 13.7. The van der Waals surface area contributed by atoms with Gasteiger partial charge < -0.3 is 35.6 Å². The molecule has 0 radical (unpaired) electrons. The van der Waals surface area contributed by atoms with Gasteiger partial charge in [0.2, 0.25) is 11.2 Å². The fourth-order valence-corrected chi connectivity index (χ4v) is 9.02. The number of carbonyl (C=O) groups is 3. The van der Waals surface area contributed by atoms with E-state index in [1.54, 1.807) is 0 Å². The molecule has 2 aliphatic heterocycles. The molecule has 1 amide bonds. The Balaban J connectivity index is 1.64. The van der Waals surface area contributed by atoms with Crippen molar-refractivity contribution < 1.29 is 29.7 Å². The van der Waals surface area contributed by atoms with Gasteiger partial charge in [-0.1, -0.05) is 20.8 Å². The predicted octanol–water partition coefficient (Wildman–Crippen LogP) is 2.91. The van der Waals surface area contributed by atoms with Crippen LogP contribution in [0.15, 0.2) is 0 Å².